The van der Waals surface area contributed by atoms with Crippen molar-refractivity contribution >= 4 is 40.4 Å². The van der Waals surface area contributed by atoms with Crippen LogP contribution in [0.15, 0.2) is 0 Å². The van der Waals surface area contributed by atoms with Crippen molar-refractivity contribution in [1.29, 1.82) is 0 Å². The summed E-state index contributed by atoms with van der Waals surface area (Å²) in [6, 6.07) is 0. The van der Waals surface area contributed by atoms with Gasteiger partial charge in [0.05, 0.1) is 0 Å². The molecule has 4 nitrogen and oxygen atoms in total. The summed E-state index contributed by atoms with van der Waals surface area (Å²) in [5, 5.41) is 0. The molecule has 39 valence electrons. The molecule has 4 N–H and O–H groups in total. The largest absolute Gasteiger partial charge is 3.00 e. The normalized spacial score (nSPS) is 0. The predicted octanol–water partition coefficient (Wildman–Crippen LogP) is -1.47. The van der Waals surface area contributed by atoms with E-state index in [0.717, 1.165) is 0 Å². The zero-order valence-electron chi connectivity index (χ0n) is 3.41. The van der Waals surface area contributed by atoms with E-state index in [9.17, 15) is 0 Å². The first-order valence-corrected chi connectivity index (χ1v) is 0. The van der Waals surface area contributed by atoms with Crippen LogP contribution in [0.2, 0.25) is 0 Å². The van der Waals surface area contributed by atoms with Crippen molar-refractivity contribution < 1.29 is 38.7 Å². The first-order chi connectivity index (χ1) is 0. The van der Waals surface area contributed by atoms with Crippen LogP contribution in [0.4, 0.5) is 0 Å². The molecule has 0 saturated carbocycles. The molecule has 0 aliphatic heterocycles. The first-order valence-electron chi connectivity index (χ1n) is 0. The van der Waals surface area contributed by atoms with E-state index in [4.69, 9.17) is 0 Å². The van der Waals surface area contributed by atoms with Crippen LogP contribution in [0.3, 0.4) is 0 Å². The van der Waals surface area contributed by atoms with Gasteiger partial charge in [-0.1, -0.05) is 0 Å². The molecule has 0 spiro atoms. The average Bonchev–Trinajstić information content (AvgIpc) is 0. The third kappa shape index (κ3) is 90.0. The fourth-order valence-electron chi connectivity index (χ4n) is 0. The van der Waals surface area contributed by atoms with Gasteiger partial charge in [-0.15, -0.1) is 0 Å². The fourth-order valence-corrected chi connectivity index (χ4v) is 0. The van der Waals surface area contributed by atoms with Crippen LogP contribution < -0.4 is 0 Å². The van der Waals surface area contributed by atoms with Gasteiger partial charge in [-0.05, 0) is 0 Å². The average molecular weight is 178 g/mol. The van der Waals surface area contributed by atoms with E-state index < -0.39 is 0 Å². The quantitative estimate of drug-likeness (QED) is 0.420. The maximum atomic E-state index is 0. The minimum absolute atomic E-state index is 0. The zero-order valence-corrected chi connectivity index (χ0v) is 7.02. The van der Waals surface area contributed by atoms with Crippen LogP contribution in [0.1, 0.15) is 0 Å². The van der Waals surface area contributed by atoms with Crippen LogP contribution in [0.5, 0.6) is 0 Å². The molecule has 1 radical (unpaired) electrons. The van der Waals surface area contributed by atoms with Crippen LogP contribution >= 0.6 is 0 Å². The van der Waals surface area contributed by atoms with Gasteiger partial charge in [0, 0.05) is 0 Å². The van der Waals surface area contributed by atoms with Gasteiger partial charge < -0.3 is 21.9 Å². The van der Waals surface area contributed by atoms with E-state index in [-0.39, 0.29) is 79.1 Å². The van der Waals surface area contributed by atoms with Crippen LogP contribution in [0, 0.1) is 0 Å². The molecule has 0 aliphatic carbocycles. The van der Waals surface area contributed by atoms with Gasteiger partial charge in [-0.2, -0.15) is 0 Å². The van der Waals surface area contributed by atoms with Gasteiger partial charge in [0.2, 0.25) is 0 Å². The minimum Gasteiger partial charge on any atom is -0.870 e. The van der Waals surface area contributed by atoms with Gasteiger partial charge in [-0.25, -0.2) is 0 Å². The molecule has 0 unspecified atom stereocenters. The zero-order chi connectivity index (χ0) is 0. The SMILES string of the molecule is [Al+3].[Co+2].[Mg+2].[OH-].[OH-].[OH-].[OH-]. The molecule has 7 heavy (non-hydrogen) atoms. The smallest absolute Gasteiger partial charge is 0.870 e. The summed E-state index contributed by atoms with van der Waals surface area (Å²) in [4.78, 5) is 0. The fraction of sp³-hybridized carbons (Fsp3) is 0. The van der Waals surface area contributed by atoms with E-state index in [1.54, 1.807) is 0 Å². The second-order valence-corrected chi connectivity index (χ2v) is 0. The summed E-state index contributed by atoms with van der Waals surface area (Å²) in [7, 11) is 0. The topological polar surface area (TPSA) is 120 Å². The molecular weight excluding hydrogens is 174 g/mol. The Labute approximate surface area is 78.8 Å². The van der Waals surface area contributed by atoms with Crippen LogP contribution in [-0.2, 0) is 16.8 Å². The van der Waals surface area contributed by atoms with Crippen molar-refractivity contribution in [3.05, 3.63) is 0 Å². The molecule has 0 aliphatic rings. The Kier molecular flexibility index (Phi) is 3330. The molecule has 0 amide bonds. The van der Waals surface area contributed by atoms with E-state index >= 15 is 0 Å². The third-order valence-electron chi connectivity index (χ3n) is 0. The van der Waals surface area contributed by atoms with Gasteiger partial charge in [0.1, 0.15) is 0 Å². The van der Waals surface area contributed by atoms with E-state index in [1.165, 1.54) is 0 Å². The Hall–Kier alpha value is 1.65. The summed E-state index contributed by atoms with van der Waals surface area (Å²) in [5.41, 5.74) is 0. The molecule has 0 aromatic rings. The molecular formula is H4AlCoMgO4+3. The standard InChI is InChI=1S/Al.Co.Mg.4H2O/h;;;4*1H2/q+3;2*+2;;;;/p-4. The van der Waals surface area contributed by atoms with Gasteiger partial charge in [0.25, 0.3) is 0 Å². The molecule has 0 aromatic carbocycles. The minimum atomic E-state index is 0. The Morgan fingerprint density at radius 1 is 0.571 bits per heavy atom. The molecule has 0 rings (SSSR count). The summed E-state index contributed by atoms with van der Waals surface area (Å²) in [5.74, 6) is 0. The Morgan fingerprint density at radius 2 is 0.571 bits per heavy atom. The summed E-state index contributed by atoms with van der Waals surface area (Å²) in [6.45, 7) is 0. The van der Waals surface area contributed by atoms with Crippen LogP contribution in [0.25, 0.3) is 0 Å². The van der Waals surface area contributed by atoms with Crippen molar-refractivity contribution in [2.75, 3.05) is 0 Å². The predicted molar refractivity (Wildman–Crippen MR) is 19.3 cm³/mol. The summed E-state index contributed by atoms with van der Waals surface area (Å²) < 4.78 is 0. The Bertz CT molecular complexity index is 11.7. The second kappa shape index (κ2) is 125. The molecule has 7 heteroatoms. The Balaban J connectivity index is 0. The van der Waals surface area contributed by atoms with Crippen molar-refractivity contribution in [3.63, 3.8) is 0 Å². The maximum Gasteiger partial charge on any atom is 3.00 e. The molecule has 0 bridgehead atoms. The van der Waals surface area contributed by atoms with Crippen molar-refractivity contribution in [2.45, 2.75) is 0 Å². The number of rotatable bonds is 0. The second-order valence-electron chi connectivity index (χ2n) is 0. The first kappa shape index (κ1) is 187. The molecule has 0 atom stereocenters. The van der Waals surface area contributed by atoms with E-state index in [0.29, 0.717) is 0 Å². The molecule has 0 saturated heterocycles. The molecule has 0 fully saturated rings. The summed E-state index contributed by atoms with van der Waals surface area (Å²) >= 11 is 0. The van der Waals surface area contributed by atoms with Gasteiger partial charge >= 0.3 is 57.2 Å². The number of hydrogen-bond donors (Lipinski definition) is 0. The Morgan fingerprint density at radius 3 is 0.571 bits per heavy atom. The van der Waals surface area contributed by atoms with E-state index in [1.807, 2.05) is 0 Å². The van der Waals surface area contributed by atoms with Gasteiger partial charge in [0.15, 0.2) is 0 Å². The van der Waals surface area contributed by atoms with Crippen molar-refractivity contribution in [2.24, 2.45) is 0 Å². The van der Waals surface area contributed by atoms with Crippen molar-refractivity contribution in [1.82, 2.24) is 0 Å². The van der Waals surface area contributed by atoms with Gasteiger partial charge in [-0.3, -0.25) is 0 Å². The molecule has 0 heterocycles. The molecule has 0 aromatic heterocycles. The van der Waals surface area contributed by atoms with E-state index in [2.05, 4.69) is 0 Å². The third-order valence-corrected chi connectivity index (χ3v) is 0. The number of hydrogen-bond acceptors (Lipinski definition) is 4. The monoisotopic (exact) mass is 178 g/mol. The van der Waals surface area contributed by atoms with Crippen LogP contribution in [-0.4, -0.2) is 62.3 Å². The summed E-state index contributed by atoms with van der Waals surface area (Å²) in [6.07, 6.45) is 0. The van der Waals surface area contributed by atoms with Crippen molar-refractivity contribution in [3.8, 4) is 0 Å². The maximum absolute atomic E-state index is 0.